The normalized spacial score (nSPS) is 11.9. The van der Waals surface area contributed by atoms with Gasteiger partial charge in [-0.15, -0.1) is 11.3 Å². The van der Waals surface area contributed by atoms with E-state index < -0.39 is 18.0 Å². The van der Waals surface area contributed by atoms with Crippen LogP contribution in [0.25, 0.3) is 0 Å². The maximum absolute atomic E-state index is 11.6. The van der Waals surface area contributed by atoms with Crippen molar-refractivity contribution in [3.8, 4) is 0 Å². The fourth-order valence-electron chi connectivity index (χ4n) is 1.10. The Kier molecular flexibility index (Phi) is 4.95. The van der Waals surface area contributed by atoms with Crippen molar-refractivity contribution >= 4 is 39.3 Å². The molecule has 0 saturated carbocycles. The van der Waals surface area contributed by atoms with Gasteiger partial charge in [-0.2, -0.15) is 0 Å². The van der Waals surface area contributed by atoms with Gasteiger partial charge in [0.2, 0.25) is 0 Å². The Morgan fingerprint density at radius 3 is 2.76 bits per heavy atom. The van der Waals surface area contributed by atoms with Crippen LogP contribution in [0.4, 0.5) is 4.79 Å². The second-order valence-corrected chi connectivity index (χ2v) is 5.51. The predicted molar refractivity (Wildman–Crippen MR) is 69.1 cm³/mol. The third kappa shape index (κ3) is 4.35. The minimum Gasteiger partial charge on any atom is -0.480 e. The van der Waals surface area contributed by atoms with Gasteiger partial charge in [0.05, 0.1) is 6.54 Å². The van der Waals surface area contributed by atoms with E-state index in [0.717, 1.165) is 9.35 Å². The number of carbonyl (C=O) groups is 2. The lowest BCUT2D eigenvalue weighted by Crippen LogP contribution is -2.44. The van der Waals surface area contributed by atoms with Crippen LogP contribution in [-0.2, 0) is 11.3 Å². The summed E-state index contributed by atoms with van der Waals surface area (Å²) < 4.78 is 0.977. The van der Waals surface area contributed by atoms with Gasteiger partial charge in [0, 0.05) is 21.8 Å². The monoisotopic (exact) mass is 320 g/mol. The lowest BCUT2D eigenvalue weighted by molar-refractivity contribution is -0.138. The number of carbonyl (C=O) groups excluding carboxylic acids is 1. The summed E-state index contributed by atoms with van der Waals surface area (Å²) in [6, 6.07) is 0.638. The van der Waals surface area contributed by atoms with Gasteiger partial charge in [0.1, 0.15) is 6.04 Å². The number of nitrogens with one attached hydrogen (secondary N) is 1. The molecule has 2 N–H and O–H groups in total. The Balaban J connectivity index is 2.50. The number of rotatable bonds is 4. The molecule has 2 amide bonds. The molecule has 1 atom stereocenters. The molecule has 0 bridgehead atoms. The summed E-state index contributed by atoms with van der Waals surface area (Å²) in [5, 5.41) is 13.0. The lowest BCUT2D eigenvalue weighted by Gasteiger charge is -2.18. The smallest absolute Gasteiger partial charge is 0.325 e. The Bertz CT molecular complexity index is 421. The van der Waals surface area contributed by atoms with Crippen molar-refractivity contribution in [2.75, 3.05) is 7.05 Å². The Morgan fingerprint density at radius 1 is 1.65 bits per heavy atom. The van der Waals surface area contributed by atoms with Crippen LogP contribution in [-0.4, -0.2) is 35.1 Å². The van der Waals surface area contributed by atoms with Crippen LogP contribution in [0.1, 0.15) is 11.8 Å². The first-order chi connectivity index (χ1) is 7.90. The number of aliphatic carboxylic acids is 1. The van der Waals surface area contributed by atoms with Crippen molar-refractivity contribution < 1.29 is 14.7 Å². The minimum absolute atomic E-state index is 0.399. The predicted octanol–water partition coefficient (Wildman–Crippen LogP) is 2.13. The highest BCUT2D eigenvalue weighted by Gasteiger charge is 2.17. The highest BCUT2D eigenvalue weighted by Crippen LogP contribution is 2.20. The standard InChI is InChI=1S/C10H13BrN2O3S/c1-6(9(14)15)12-10(16)13(2)4-8-3-7(11)5-17-8/h3,5-6H,4H2,1-2H3,(H,12,16)(H,14,15)/t6-/m0/s1. The van der Waals surface area contributed by atoms with Gasteiger partial charge >= 0.3 is 12.0 Å². The largest absolute Gasteiger partial charge is 0.480 e. The van der Waals surface area contributed by atoms with E-state index in [-0.39, 0.29) is 0 Å². The van der Waals surface area contributed by atoms with E-state index in [4.69, 9.17) is 5.11 Å². The Hall–Kier alpha value is -1.08. The van der Waals surface area contributed by atoms with Gasteiger partial charge in [-0.05, 0) is 28.9 Å². The highest BCUT2D eigenvalue weighted by molar-refractivity contribution is 9.10. The summed E-state index contributed by atoms with van der Waals surface area (Å²) >= 11 is 4.87. The molecule has 0 aliphatic carbocycles. The van der Waals surface area contributed by atoms with E-state index >= 15 is 0 Å². The zero-order valence-corrected chi connectivity index (χ0v) is 11.8. The average molecular weight is 321 g/mol. The molecule has 0 spiro atoms. The number of nitrogens with zero attached hydrogens (tertiary/aromatic N) is 1. The third-order valence-corrected chi connectivity index (χ3v) is 3.75. The van der Waals surface area contributed by atoms with Crippen molar-refractivity contribution in [2.24, 2.45) is 0 Å². The van der Waals surface area contributed by atoms with Gasteiger partial charge in [-0.25, -0.2) is 4.79 Å². The molecule has 94 valence electrons. The van der Waals surface area contributed by atoms with Crippen molar-refractivity contribution in [3.63, 3.8) is 0 Å². The van der Waals surface area contributed by atoms with Crippen molar-refractivity contribution in [1.82, 2.24) is 10.2 Å². The SMILES string of the molecule is C[C@H](NC(=O)N(C)Cc1cc(Br)cs1)C(=O)O. The first-order valence-corrected chi connectivity index (χ1v) is 6.54. The number of halogens is 1. The molecule has 0 fully saturated rings. The van der Waals surface area contributed by atoms with Crippen LogP contribution in [0.2, 0.25) is 0 Å². The molecule has 1 aromatic heterocycles. The molecule has 0 aromatic carbocycles. The highest BCUT2D eigenvalue weighted by atomic mass is 79.9. The number of carboxylic acids is 1. The molecular formula is C10H13BrN2O3S. The number of amides is 2. The van der Waals surface area contributed by atoms with Crippen molar-refractivity contribution in [3.05, 3.63) is 20.8 Å². The van der Waals surface area contributed by atoms with Crippen LogP contribution in [0, 0.1) is 0 Å². The van der Waals surface area contributed by atoms with E-state index in [1.807, 2.05) is 11.4 Å². The summed E-state index contributed by atoms with van der Waals surface area (Å²) in [5.41, 5.74) is 0. The zero-order valence-electron chi connectivity index (χ0n) is 9.44. The summed E-state index contributed by atoms with van der Waals surface area (Å²) in [4.78, 5) is 24.7. The summed E-state index contributed by atoms with van der Waals surface area (Å²) in [6.07, 6.45) is 0. The summed E-state index contributed by atoms with van der Waals surface area (Å²) in [7, 11) is 1.62. The van der Waals surface area contributed by atoms with Gasteiger partial charge in [-0.1, -0.05) is 0 Å². The molecular weight excluding hydrogens is 308 g/mol. The van der Waals surface area contributed by atoms with Crippen molar-refractivity contribution in [2.45, 2.75) is 19.5 Å². The topological polar surface area (TPSA) is 69.6 Å². The van der Waals surface area contributed by atoms with Crippen LogP contribution < -0.4 is 5.32 Å². The quantitative estimate of drug-likeness (QED) is 0.892. The molecule has 7 heteroatoms. The second kappa shape index (κ2) is 6.02. The number of hydrogen-bond acceptors (Lipinski definition) is 3. The van der Waals surface area contributed by atoms with E-state index in [1.165, 1.54) is 23.2 Å². The number of thiophene rings is 1. The first-order valence-electron chi connectivity index (χ1n) is 4.87. The molecule has 1 rings (SSSR count). The van der Waals surface area contributed by atoms with Crippen LogP contribution >= 0.6 is 27.3 Å². The Labute approximate surface area is 112 Å². The molecule has 17 heavy (non-hydrogen) atoms. The van der Waals surface area contributed by atoms with E-state index in [2.05, 4.69) is 21.2 Å². The number of hydrogen-bond donors (Lipinski definition) is 2. The van der Waals surface area contributed by atoms with Crippen LogP contribution in [0.15, 0.2) is 15.9 Å². The summed E-state index contributed by atoms with van der Waals surface area (Å²) in [5.74, 6) is -1.05. The maximum atomic E-state index is 11.6. The molecule has 0 radical (unpaired) electrons. The van der Waals surface area contributed by atoms with Gasteiger partial charge in [0.25, 0.3) is 0 Å². The molecule has 0 unspecified atom stereocenters. The lowest BCUT2D eigenvalue weighted by atomic mass is 10.3. The van der Waals surface area contributed by atoms with Gasteiger partial charge < -0.3 is 15.3 Å². The first kappa shape index (κ1) is 14.0. The van der Waals surface area contributed by atoms with Gasteiger partial charge in [0.15, 0.2) is 0 Å². The molecule has 0 aliphatic heterocycles. The fourth-order valence-corrected chi connectivity index (χ4v) is 2.60. The Morgan fingerprint density at radius 2 is 2.29 bits per heavy atom. The third-order valence-electron chi connectivity index (χ3n) is 2.07. The summed E-state index contributed by atoms with van der Waals surface area (Å²) in [6.45, 7) is 1.88. The molecule has 0 saturated heterocycles. The zero-order chi connectivity index (χ0) is 13.0. The molecule has 1 heterocycles. The molecule has 1 aromatic rings. The van der Waals surface area contributed by atoms with Crippen LogP contribution in [0.3, 0.4) is 0 Å². The molecule has 0 aliphatic rings. The van der Waals surface area contributed by atoms with Crippen LogP contribution in [0.5, 0.6) is 0 Å². The number of urea groups is 1. The number of carboxylic acid groups (broad SMARTS) is 1. The van der Waals surface area contributed by atoms with Gasteiger partial charge in [-0.3, -0.25) is 4.79 Å². The van der Waals surface area contributed by atoms with E-state index in [1.54, 1.807) is 7.05 Å². The maximum Gasteiger partial charge on any atom is 0.325 e. The average Bonchev–Trinajstić information content (AvgIpc) is 2.63. The molecule has 5 nitrogen and oxygen atoms in total. The van der Waals surface area contributed by atoms with E-state index in [9.17, 15) is 9.59 Å². The van der Waals surface area contributed by atoms with E-state index in [0.29, 0.717) is 6.54 Å². The fraction of sp³-hybridized carbons (Fsp3) is 0.400. The minimum atomic E-state index is -1.05. The second-order valence-electron chi connectivity index (χ2n) is 3.60. The van der Waals surface area contributed by atoms with Crippen molar-refractivity contribution in [1.29, 1.82) is 0 Å².